The first-order valence-corrected chi connectivity index (χ1v) is 13.4. The van der Waals surface area contributed by atoms with E-state index in [1.165, 1.54) is 11.1 Å². The number of nitrogens with zero attached hydrogens (tertiary/aromatic N) is 2. The molecule has 0 saturated heterocycles. The molecule has 3 heterocycles. The molecule has 0 N–H and O–H groups in total. The highest BCUT2D eigenvalue weighted by molar-refractivity contribution is 6.10. The van der Waals surface area contributed by atoms with Crippen LogP contribution >= 0.6 is 0 Å². The summed E-state index contributed by atoms with van der Waals surface area (Å²) < 4.78 is 17.7. The fourth-order valence-electron chi connectivity index (χ4n) is 6.51. The van der Waals surface area contributed by atoms with Crippen LogP contribution in [0.1, 0.15) is 16.7 Å². The van der Waals surface area contributed by atoms with Crippen LogP contribution in [0.4, 0.5) is 0 Å². The van der Waals surface area contributed by atoms with Crippen molar-refractivity contribution in [2.45, 2.75) is 20.8 Å². The van der Waals surface area contributed by atoms with Gasteiger partial charge in [-0.25, -0.2) is 4.57 Å². The molecular weight excluding hydrogens is 480 g/mol. The third-order valence-electron chi connectivity index (χ3n) is 8.28. The molecule has 0 atom stereocenters. The Morgan fingerprint density at radius 2 is 1.26 bits per heavy atom. The number of fused-ring (bicyclic) bond motifs is 7. The molecule has 0 saturated carbocycles. The van der Waals surface area contributed by atoms with E-state index in [0.717, 1.165) is 77.5 Å². The molecule has 0 fully saturated rings. The molecule has 0 bridgehead atoms. The van der Waals surface area contributed by atoms with Crippen molar-refractivity contribution in [1.82, 2.24) is 4.57 Å². The Hall–Kier alpha value is -4.83. The molecule has 0 amide bonds. The van der Waals surface area contributed by atoms with Gasteiger partial charge in [-0.3, -0.25) is 0 Å². The van der Waals surface area contributed by atoms with Gasteiger partial charge in [-0.05, 0) is 62.2 Å². The average molecular weight is 508 g/mol. The molecule has 0 aliphatic rings. The maximum Gasteiger partial charge on any atom is 0.299 e. The molecule has 39 heavy (non-hydrogen) atoms. The van der Waals surface area contributed by atoms with Gasteiger partial charge in [-0.1, -0.05) is 60.7 Å². The molecule has 4 nitrogen and oxygen atoms in total. The van der Waals surface area contributed by atoms with Crippen LogP contribution in [0.25, 0.3) is 72.0 Å². The minimum Gasteiger partial charge on any atom is -0.456 e. The molecule has 8 rings (SSSR count). The third kappa shape index (κ3) is 2.91. The van der Waals surface area contributed by atoms with Crippen LogP contribution in [0.2, 0.25) is 0 Å². The van der Waals surface area contributed by atoms with Gasteiger partial charge in [0.15, 0.2) is 16.6 Å². The van der Waals surface area contributed by atoms with E-state index < -0.39 is 0 Å². The Bertz CT molecular complexity index is 2280. The molecule has 0 aliphatic carbocycles. The SMILES string of the molecule is Cc1cc2c(oc3ccccc32)c(C)c1-n1c(-c2c(C)ccc3c2oc2ccccc23)[n+](C)c2ccccc21. The smallest absolute Gasteiger partial charge is 0.299 e. The number of aromatic nitrogens is 2. The highest BCUT2D eigenvalue weighted by Crippen LogP contribution is 2.41. The fraction of sp³-hybridized carbons (Fsp3) is 0.114. The Labute approximate surface area is 225 Å². The van der Waals surface area contributed by atoms with Gasteiger partial charge in [-0.2, -0.15) is 4.57 Å². The first kappa shape index (κ1) is 22.2. The lowest BCUT2D eigenvalue weighted by Crippen LogP contribution is -2.30. The van der Waals surface area contributed by atoms with Crippen molar-refractivity contribution in [1.29, 1.82) is 0 Å². The van der Waals surface area contributed by atoms with Crippen molar-refractivity contribution in [3.05, 3.63) is 108 Å². The van der Waals surface area contributed by atoms with Crippen molar-refractivity contribution >= 4 is 54.9 Å². The maximum atomic E-state index is 6.59. The first-order chi connectivity index (χ1) is 19.0. The van der Waals surface area contributed by atoms with Gasteiger partial charge in [0.05, 0.1) is 7.05 Å². The maximum absolute atomic E-state index is 6.59. The standard InChI is InChI=1S/C35H27N2O2/c1-20-17-18-25-23-11-5-9-15-29(23)39-34(25)31(20)35-36(4)27-13-7-8-14-28(27)37(35)32-21(2)19-26-24-12-6-10-16-30(24)38-33(26)22(32)3/h5-19H,1-4H3/q+1. The predicted octanol–water partition coefficient (Wildman–Crippen LogP) is 8.85. The summed E-state index contributed by atoms with van der Waals surface area (Å²) >= 11 is 0. The summed E-state index contributed by atoms with van der Waals surface area (Å²) in [5.41, 5.74) is 11.7. The van der Waals surface area contributed by atoms with E-state index in [9.17, 15) is 0 Å². The van der Waals surface area contributed by atoms with Gasteiger partial charge in [0.2, 0.25) is 0 Å². The number of imidazole rings is 1. The molecule has 8 aromatic rings. The van der Waals surface area contributed by atoms with Crippen LogP contribution < -0.4 is 4.57 Å². The lowest BCUT2D eigenvalue weighted by Gasteiger charge is -2.12. The van der Waals surface area contributed by atoms with Crippen LogP contribution in [0, 0.1) is 20.8 Å². The average Bonchev–Trinajstić information content (AvgIpc) is 3.60. The topological polar surface area (TPSA) is 35.1 Å². The minimum atomic E-state index is 0.903. The van der Waals surface area contributed by atoms with Crippen LogP contribution in [0.15, 0.2) is 99.8 Å². The molecule has 0 radical (unpaired) electrons. The van der Waals surface area contributed by atoms with Crippen molar-refractivity contribution in [2.75, 3.05) is 0 Å². The summed E-state index contributed by atoms with van der Waals surface area (Å²) in [4.78, 5) is 0. The molecule has 188 valence electrons. The van der Waals surface area contributed by atoms with Gasteiger partial charge < -0.3 is 8.83 Å². The van der Waals surface area contributed by atoms with Crippen molar-refractivity contribution < 1.29 is 13.4 Å². The number of furan rings is 2. The molecular formula is C35H27N2O2+. The van der Waals surface area contributed by atoms with E-state index in [0.29, 0.717) is 0 Å². The van der Waals surface area contributed by atoms with Crippen molar-refractivity contribution in [3.8, 4) is 17.1 Å². The van der Waals surface area contributed by atoms with Gasteiger partial charge in [0.1, 0.15) is 28.0 Å². The van der Waals surface area contributed by atoms with Gasteiger partial charge in [0.25, 0.3) is 5.82 Å². The quantitative estimate of drug-likeness (QED) is 0.219. The van der Waals surface area contributed by atoms with E-state index in [-0.39, 0.29) is 0 Å². The second-order valence-electron chi connectivity index (χ2n) is 10.6. The number of benzene rings is 5. The Kier molecular flexibility index (Phi) is 4.46. The van der Waals surface area contributed by atoms with Crippen molar-refractivity contribution in [3.63, 3.8) is 0 Å². The second kappa shape index (κ2) is 7.84. The zero-order valence-electron chi connectivity index (χ0n) is 22.4. The van der Waals surface area contributed by atoms with E-state index in [1.54, 1.807) is 0 Å². The fourth-order valence-corrected chi connectivity index (χ4v) is 6.51. The Morgan fingerprint density at radius 1 is 0.615 bits per heavy atom. The molecule has 4 heteroatoms. The number of aryl methyl sites for hydroxylation is 4. The highest BCUT2D eigenvalue weighted by Gasteiger charge is 2.32. The number of rotatable bonds is 2. The molecule has 0 unspecified atom stereocenters. The highest BCUT2D eigenvalue weighted by atomic mass is 16.3. The second-order valence-corrected chi connectivity index (χ2v) is 10.6. The van der Waals surface area contributed by atoms with E-state index >= 15 is 0 Å². The molecule has 3 aromatic heterocycles. The number of hydrogen-bond donors (Lipinski definition) is 0. The monoisotopic (exact) mass is 507 g/mol. The van der Waals surface area contributed by atoms with Gasteiger partial charge in [-0.15, -0.1) is 0 Å². The summed E-state index contributed by atoms with van der Waals surface area (Å²) in [6.45, 7) is 6.56. The number of hydrogen-bond acceptors (Lipinski definition) is 2. The zero-order valence-corrected chi connectivity index (χ0v) is 22.4. The zero-order chi connectivity index (χ0) is 26.4. The molecule has 5 aromatic carbocycles. The van der Waals surface area contributed by atoms with Crippen LogP contribution in [0.3, 0.4) is 0 Å². The van der Waals surface area contributed by atoms with E-state index in [2.05, 4.69) is 104 Å². The van der Waals surface area contributed by atoms with E-state index in [1.807, 2.05) is 24.3 Å². The molecule has 0 aliphatic heterocycles. The third-order valence-corrected chi connectivity index (χ3v) is 8.28. The minimum absolute atomic E-state index is 0.903. The Balaban J connectivity index is 1.55. The summed E-state index contributed by atoms with van der Waals surface area (Å²) in [6.07, 6.45) is 0. The normalized spacial score (nSPS) is 12.1. The van der Waals surface area contributed by atoms with Gasteiger partial charge in [0, 0.05) is 27.1 Å². The molecule has 0 spiro atoms. The summed E-state index contributed by atoms with van der Waals surface area (Å²) in [7, 11) is 2.15. The lowest BCUT2D eigenvalue weighted by atomic mass is 10.0. The van der Waals surface area contributed by atoms with Crippen molar-refractivity contribution in [2.24, 2.45) is 7.05 Å². The lowest BCUT2D eigenvalue weighted by molar-refractivity contribution is -0.633. The van der Waals surface area contributed by atoms with Crippen LogP contribution in [0.5, 0.6) is 0 Å². The summed E-state index contributed by atoms with van der Waals surface area (Å²) in [5, 5.41) is 4.57. The van der Waals surface area contributed by atoms with Gasteiger partial charge >= 0.3 is 0 Å². The summed E-state index contributed by atoms with van der Waals surface area (Å²) in [5.74, 6) is 1.08. The van der Waals surface area contributed by atoms with Crippen LogP contribution in [-0.2, 0) is 7.05 Å². The predicted molar refractivity (Wildman–Crippen MR) is 159 cm³/mol. The summed E-state index contributed by atoms with van der Waals surface area (Å²) in [6, 6.07) is 31.9. The number of para-hydroxylation sites is 4. The Morgan fingerprint density at radius 3 is 2.03 bits per heavy atom. The first-order valence-electron chi connectivity index (χ1n) is 13.4. The van der Waals surface area contributed by atoms with Crippen LogP contribution in [-0.4, -0.2) is 4.57 Å². The van der Waals surface area contributed by atoms with E-state index in [4.69, 9.17) is 8.83 Å². The largest absolute Gasteiger partial charge is 0.456 e.